The van der Waals surface area contributed by atoms with Crippen molar-refractivity contribution in [3.8, 4) is 0 Å². The molecular weight excluding hydrogens is 222 g/mol. The summed E-state index contributed by atoms with van der Waals surface area (Å²) >= 11 is 0. The number of aryl methyl sites for hydroxylation is 4. The molecular formula is C15H21N3. The van der Waals surface area contributed by atoms with E-state index in [1.165, 1.54) is 22.3 Å². The zero-order valence-corrected chi connectivity index (χ0v) is 11.8. The number of hydrogen-bond acceptors (Lipinski definition) is 2. The predicted octanol–water partition coefficient (Wildman–Crippen LogP) is 2.65. The first kappa shape index (κ1) is 12.8. The second-order valence-corrected chi connectivity index (χ2v) is 4.91. The summed E-state index contributed by atoms with van der Waals surface area (Å²) in [5, 5.41) is 7.80. The molecule has 0 bridgehead atoms. The molecule has 1 aromatic heterocycles. The minimum atomic E-state index is 0.206. The Morgan fingerprint density at radius 1 is 1.17 bits per heavy atom. The van der Waals surface area contributed by atoms with Gasteiger partial charge in [0.1, 0.15) is 0 Å². The van der Waals surface area contributed by atoms with Crippen LogP contribution in [-0.4, -0.2) is 16.8 Å². The van der Waals surface area contributed by atoms with Gasteiger partial charge in [-0.25, -0.2) is 0 Å². The number of benzene rings is 1. The van der Waals surface area contributed by atoms with Gasteiger partial charge in [-0.3, -0.25) is 4.68 Å². The van der Waals surface area contributed by atoms with Gasteiger partial charge in [-0.2, -0.15) is 5.10 Å². The zero-order chi connectivity index (χ0) is 13.3. The Labute approximate surface area is 109 Å². The lowest BCUT2D eigenvalue weighted by atomic mass is 9.96. The summed E-state index contributed by atoms with van der Waals surface area (Å²) in [5.41, 5.74) is 6.26. The first-order valence-electron chi connectivity index (χ1n) is 6.27. The molecule has 3 heteroatoms. The van der Waals surface area contributed by atoms with E-state index in [0.717, 1.165) is 5.69 Å². The molecule has 0 saturated carbocycles. The topological polar surface area (TPSA) is 29.9 Å². The molecule has 0 aliphatic carbocycles. The van der Waals surface area contributed by atoms with Crippen molar-refractivity contribution < 1.29 is 0 Å². The molecule has 1 atom stereocenters. The van der Waals surface area contributed by atoms with Crippen molar-refractivity contribution in [2.24, 2.45) is 7.05 Å². The van der Waals surface area contributed by atoms with E-state index in [4.69, 9.17) is 0 Å². The molecule has 0 amide bonds. The molecule has 2 rings (SSSR count). The molecule has 0 saturated heterocycles. The number of rotatable bonds is 3. The Morgan fingerprint density at radius 2 is 1.89 bits per heavy atom. The van der Waals surface area contributed by atoms with E-state index in [0.29, 0.717) is 0 Å². The predicted molar refractivity (Wildman–Crippen MR) is 74.8 cm³/mol. The van der Waals surface area contributed by atoms with Crippen LogP contribution in [0, 0.1) is 20.8 Å². The third-order valence-electron chi connectivity index (χ3n) is 3.52. The molecule has 96 valence electrons. The van der Waals surface area contributed by atoms with Gasteiger partial charge in [-0.1, -0.05) is 18.2 Å². The van der Waals surface area contributed by atoms with Crippen LogP contribution in [0.1, 0.15) is 34.0 Å². The van der Waals surface area contributed by atoms with Crippen LogP contribution in [-0.2, 0) is 7.05 Å². The van der Waals surface area contributed by atoms with Gasteiger partial charge in [0.15, 0.2) is 0 Å². The molecule has 0 spiro atoms. The summed E-state index contributed by atoms with van der Waals surface area (Å²) in [5.74, 6) is 0. The van der Waals surface area contributed by atoms with Crippen LogP contribution in [0.3, 0.4) is 0 Å². The maximum Gasteiger partial charge on any atom is 0.0644 e. The molecule has 0 fully saturated rings. The summed E-state index contributed by atoms with van der Waals surface area (Å²) in [6.45, 7) is 6.35. The van der Waals surface area contributed by atoms with Gasteiger partial charge < -0.3 is 5.32 Å². The molecule has 2 aromatic rings. The Hall–Kier alpha value is -1.61. The Bertz CT molecular complexity index is 555. The minimum Gasteiger partial charge on any atom is -0.309 e. The van der Waals surface area contributed by atoms with E-state index >= 15 is 0 Å². The van der Waals surface area contributed by atoms with Crippen molar-refractivity contribution in [1.82, 2.24) is 15.1 Å². The molecule has 0 aliphatic heterocycles. The quantitative estimate of drug-likeness (QED) is 0.898. The van der Waals surface area contributed by atoms with Gasteiger partial charge in [-0.15, -0.1) is 0 Å². The highest BCUT2D eigenvalue weighted by atomic mass is 15.3. The van der Waals surface area contributed by atoms with E-state index in [2.05, 4.69) is 55.6 Å². The number of nitrogens with zero attached hydrogens (tertiary/aromatic N) is 2. The smallest absolute Gasteiger partial charge is 0.0644 e. The van der Waals surface area contributed by atoms with Crippen LogP contribution >= 0.6 is 0 Å². The van der Waals surface area contributed by atoms with Crippen molar-refractivity contribution in [3.05, 3.63) is 52.3 Å². The fourth-order valence-corrected chi connectivity index (χ4v) is 2.35. The van der Waals surface area contributed by atoms with E-state index in [1.54, 1.807) is 0 Å². The maximum atomic E-state index is 4.42. The molecule has 3 nitrogen and oxygen atoms in total. The van der Waals surface area contributed by atoms with Crippen LogP contribution in [0.25, 0.3) is 0 Å². The molecule has 0 aliphatic rings. The van der Waals surface area contributed by atoms with Gasteiger partial charge in [0.25, 0.3) is 0 Å². The lowest BCUT2D eigenvalue weighted by molar-refractivity contribution is 0.686. The first-order chi connectivity index (χ1) is 8.52. The second kappa shape index (κ2) is 4.94. The highest BCUT2D eigenvalue weighted by molar-refractivity contribution is 5.37. The van der Waals surface area contributed by atoms with Crippen LogP contribution in [0.2, 0.25) is 0 Å². The highest BCUT2D eigenvalue weighted by Gasteiger charge is 2.17. The maximum absolute atomic E-state index is 4.42. The third kappa shape index (κ3) is 2.31. The van der Waals surface area contributed by atoms with Crippen molar-refractivity contribution in [2.75, 3.05) is 7.05 Å². The van der Waals surface area contributed by atoms with E-state index < -0.39 is 0 Å². The monoisotopic (exact) mass is 243 g/mol. The van der Waals surface area contributed by atoms with Gasteiger partial charge in [0.05, 0.1) is 11.7 Å². The average Bonchev–Trinajstić information content (AvgIpc) is 2.64. The summed E-state index contributed by atoms with van der Waals surface area (Å²) < 4.78 is 1.87. The van der Waals surface area contributed by atoms with Gasteiger partial charge in [-0.05, 0) is 44.5 Å². The third-order valence-corrected chi connectivity index (χ3v) is 3.52. The summed E-state index contributed by atoms with van der Waals surface area (Å²) in [6, 6.07) is 6.83. The van der Waals surface area contributed by atoms with E-state index in [1.807, 2.05) is 18.8 Å². The number of aromatic nitrogens is 2. The van der Waals surface area contributed by atoms with Gasteiger partial charge in [0, 0.05) is 18.8 Å². The standard InChI is InChI=1S/C15H21N3/c1-10-6-7-13(8-11(10)2)15(16-4)14-9-18(5)17-12(14)3/h6-9,15-16H,1-5H3. The van der Waals surface area contributed by atoms with Gasteiger partial charge in [0.2, 0.25) is 0 Å². The summed E-state index contributed by atoms with van der Waals surface area (Å²) in [7, 11) is 3.95. The van der Waals surface area contributed by atoms with Crippen LogP contribution in [0.4, 0.5) is 0 Å². The Balaban J connectivity index is 2.45. The molecule has 1 heterocycles. The lowest BCUT2D eigenvalue weighted by Crippen LogP contribution is -2.18. The fourth-order valence-electron chi connectivity index (χ4n) is 2.35. The lowest BCUT2D eigenvalue weighted by Gasteiger charge is -2.17. The largest absolute Gasteiger partial charge is 0.309 e. The van der Waals surface area contributed by atoms with Crippen molar-refractivity contribution in [1.29, 1.82) is 0 Å². The second-order valence-electron chi connectivity index (χ2n) is 4.91. The van der Waals surface area contributed by atoms with Crippen molar-refractivity contribution >= 4 is 0 Å². The molecule has 18 heavy (non-hydrogen) atoms. The average molecular weight is 243 g/mol. The highest BCUT2D eigenvalue weighted by Crippen LogP contribution is 2.25. The molecule has 0 radical (unpaired) electrons. The molecule has 1 unspecified atom stereocenters. The van der Waals surface area contributed by atoms with E-state index in [-0.39, 0.29) is 6.04 Å². The zero-order valence-electron chi connectivity index (χ0n) is 11.8. The van der Waals surface area contributed by atoms with Crippen LogP contribution < -0.4 is 5.32 Å². The summed E-state index contributed by atoms with van der Waals surface area (Å²) in [4.78, 5) is 0. The molecule has 1 aromatic carbocycles. The Morgan fingerprint density at radius 3 is 2.39 bits per heavy atom. The molecule has 1 N–H and O–H groups in total. The first-order valence-corrected chi connectivity index (χ1v) is 6.27. The van der Waals surface area contributed by atoms with Crippen LogP contribution in [0.5, 0.6) is 0 Å². The number of nitrogens with one attached hydrogen (secondary N) is 1. The Kier molecular flexibility index (Phi) is 3.53. The normalized spacial score (nSPS) is 12.7. The van der Waals surface area contributed by atoms with Crippen LogP contribution in [0.15, 0.2) is 24.4 Å². The number of hydrogen-bond donors (Lipinski definition) is 1. The van der Waals surface area contributed by atoms with Gasteiger partial charge >= 0.3 is 0 Å². The van der Waals surface area contributed by atoms with Crippen molar-refractivity contribution in [2.45, 2.75) is 26.8 Å². The van der Waals surface area contributed by atoms with E-state index in [9.17, 15) is 0 Å². The van der Waals surface area contributed by atoms with Crippen molar-refractivity contribution in [3.63, 3.8) is 0 Å². The minimum absolute atomic E-state index is 0.206. The fraction of sp³-hybridized carbons (Fsp3) is 0.400. The SMILES string of the molecule is CNC(c1ccc(C)c(C)c1)c1cn(C)nc1C. The summed E-state index contributed by atoms with van der Waals surface area (Å²) in [6.07, 6.45) is 2.09.